The number of rotatable bonds is 9. The van der Waals surface area contributed by atoms with Crippen LogP contribution < -0.4 is 15.4 Å². The van der Waals surface area contributed by atoms with E-state index in [1.807, 2.05) is 43.3 Å². The van der Waals surface area contributed by atoms with E-state index in [-0.39, 0.29) is 11.7 Å². The fraction of sp³-hybridized carbons (Fsp3) is 0.160. The van der Waals surface area contributed by atoms with Gasteiger partial charge in [-0.05, 0) is 62.6 Å². The molecule has 0 unspecified atom stereocenters. The van der Waals surface area contributed by atoms with E-state index in [0.717, 1.165) is 17.8 Å². The summed E-state index contributed by atoms with van der Waals surface area (Å²) in [6.45, 7) is 4.70. The van der Waals surface area contributed by atoms with Crippen molar-refractivity contribution in [3.8, 4) is 17.0 Å². The lowest BCUT2D eigenvalue weighted by Crippen LogP contribution is -2.20. The minimum Gasteiger partial charge on any atom is -0.490 e. The zero-order valence-corrected chi connectivity index (χ0v) is 19.0. The number of halogens is 1. The Morgan fingerprint density at radius 1 is 1.21 bits per heavy atom. The second-order valence-corrected chi connectivity index (χ2v) is 7.83. The summed E-state index contributed by atoms with van der Waals surface area (Å²) in [6, 6.07) is 15.4. The molecule has 0 aliphatic carbocycles. The fourth-order valence-electron chi connectivity index (χ4n) is 3.31. The van der Waals surface area contributed by atoms with E-state index < -0.39 is 0 Å². The summed E-state index contributed by atoms with van der Waals surface area (Å²) in [5.41, 5.74) is 3.37. The summed E-state index contributed by atoms with van der Waals surface area (Å²) >= 11 is 0. The van der Waals surface area contributed by atoms with Crippen LogP contribution in [0.2, 0.25) is 0 Å². The minimum absolute atomic E-state index is 0.318. The molecule has 0 saturated heterocycles. The van der Waals surface area contributed by atoms with E-state index in [1.165, 1.54) is 18.2 Å². The third-order valence-corrected chi connectivity index (χ3v) is 4.99. The van der Waals surface area contributed by atoms with Gasteiger partial charge in [0.2, 0.25) is 11.9 Å². The number of nitrogens with zero attached hydrogens (tertiary/aromatic N) is 4. The van der Waals surface area contributed by atoms with E-state index in [0.29, 0.717) is 35.2 Å². The number of ether oxygens (including phenoxy) is 1. The summed E-state index contributed by atoms with van der Waals surface area (Å²) in [5.74, 6) is 0.211. The molecule has 0 aliphatic rings. The van der Waals surface area contributed by atoms with Crippen molar-refractivity contribution in [2.75, 3.05) is 37.9 Å². The van der Waals surface area contributed by atoms with Crippen LogP contribution in [0.15, 0.2) is 73.4 Å². The Labute approximate surface area is 196 Å². The molecule has 9 heteroatoms. The topological polar surface area (TPSA) is 83.8 Å². The first-order valence-electron chi connectivity index (χ1n) is 10.7. The Kier molecular flexibility index (Phi) is 6.84. The van der Waals surface area contributed by atoms with Crippen molar-refractivity contribution in [1.82, 2.24) is 19.5 Å². The number of benzene rings is 2. The number of carbonyl (C=O) groups is 1. The van der Waals surface area contributed by atoms with Crippen molar-refractivity contribution < 1.29 is 13.9 Å². The number of likely N-dealkylation sites (N-methyl/N-ethyl adjacent to an activating group) is 1. The average molecular weight is 461 g/mol. The van der Waals surface area contributed by atoms with E-state index in [1.54, 1.807) is 28.9 Å². The lowest BCUT2D eigenvalue weighted by molar-refractivity contribution is -0.111. The average Bonchev–Trinajstić information content (AvgIpc) is 3.23. The van der Waals surface area contributed by atoms with Gasteiger partial charge in [-0.25, -0.2) is 13.9 Å². The molecule has 0 radical (unpaired) electrons. The molecule has 2 aromatic carbocycles. The number of carbonyl (C=O) groups excluding carboxylic acids is 1. The van der Waals surface area contributed by atoms with Crippen molar-refractivity contribution in [2.24, 2.45) is 0 Å². The van der Waals surface area contributed by atoms with Gasteiger partial charge >= 0.3 is 0 Å². The quantitative estimate of drug-likeness (QED) is 0.362. The van der Waals surface area contributed by atoms with Crippen molar-refractivity contribution in [2.45, 2.75) is 0 Å². The van der Waals surface area contributed by atoms with Crippen molar-refractivity contribution in [3.05, 3.63) is 79.3 Å². The third kappa shape index (κ3) is 5.38. The smallest absolute Gasteiger partial charge is 0.247 e. The summed E-state index contributed by atoms with van der Waals surface area (Å²) in [5, 5.41) is 10.5. The Morgan fingerprint density at radius 3 is 2.82 bits per heavy atom. The Hall–Kier alpha value is -4.24. The Bertz CT molecular complexity index is 1330. The summed E-state index contributed by atoms with van der Waals surface area (Å²) in [4.78, 5) is 18.3. The molecule has 0 saturated carbocycles. The third-order valence-electron chi connectivity index (χ3n) is 4.99. The SMILES string of the molecule is C=CC(=O)Nc1cc(Nc2ncc3ccc(-c4cccc(F)c4)n3n2)ccc1OCCN(C)C. The predicted octanol–water partition coefficient (Wildman–Crippen LogP) is 4.34. The first-order valence-corrected chi connectivity index (χ1v) is 10.7. The number of nitrogens with one attached hydrogen (secondary N) is 2. The number of aromatic nitrogens is 3. The number of amides is 1. The summed E-state index contributed by atoms with van der Waals surface area (Å²) < 4.78 is 21.3. The van der Waals surface area contributed by atoms with Gasteiger partial charge in [-0.3, -0.25) is 4.79 Å². The van der Waals surface area contributed by atoms with Crippen LogP contribution in [0.5, 0.6) is 5.75 Å². The lowest BCUT2D eigenvalue weighted by atomic mass is 10.1. The zero-order valence-electron chi connectivity index (χ0n) is 19.0. The van der Waals surface area contributed by atoms with Crippen LogP contribution in [-0.2, 0) is 4.79 Å². The van der Waals surface area contributed by atoms with Gasteiger partial charge in [-0.2, -0.15) is 0 Å². The van der Waals surface area contributed by atoms with Gasteiger partial charge in [0.15, 0.2) is 0 Å². The number of anilines is 3. The van der Waals surface area contributed by atoms with Gasteiger partial charge in [0.05, 0.1) is 23.1 Å². The lowest BCUT2D eigenvalue weighted by Gasteiger charge is -2.16. The number of fused-ring (bicyclic) bond motifs is 1. The van der Waals surface area contributed by atoms with E-state index >= 15 is 0 Å². The molecule has 1 amide bonds. The van der Waals surface area contributed by atoms with Gasteiger partial charge in [-0.15, -0.1) is 5.10 Å². The van der Waals surface area contributed by atoms with Crippen molar-refractivity contribution >= 4 is 28.7 Å². The largest absolute Gasteiger partial charge is 0.490 e. The van der Waals surface area contributed by atoms with Gasteiger partial charge in [0.1, 0.15) is 18.2 Å². The molecule has 4 rings (SSSR count). The monoisotopic (exact) mass is 460 g/mol. The molecule has 0 bridgehead atoms. The summed E-state index contributed by atoms with van der Waals surface area (Å²) in [7, 11) is 3.91. The molecule has 8 nitrogen and oxygen atoms in total. The number of hydrogen-bond donors (Lipinski definition) is 2. The molecular weight excluding hydrogens is 435 g/mol. The predicted molar refractivity (Wildman–Crippen MR) is 131 cm³/mol. The second kappa shape index (κ2) is 10.1. The standard InChI is InChI=1S/C25H25FN6O2/c1-4-24(33)29-21-15-19(8-11-23(21)34-13-12-31(2)3)28-25-27-16-20-9-10-22(32(20)30-25)17-6-5-7-18(26)14-17/h4-11,14-16H,1,12-13H2,2-3H3,(H,28,30)(H,29,33). The van der Waals surface area contributed by atoms with E-state index in [9.17, 15) is 9.18 Å². The zero-order chi connectivity index (χ0) is 24.1. The highest BCUT2D eigenvalue weighted by Crippen LogP contribution is 2.30. The van der Waals surface area contributed by atoms with Gasteiger partial charge in [0, 0.05) is 17.8 Å². The molecule has 34 heavy (non-hydrogen) atoms. The van der Waals surface area contributed by atoms with E-state index in [4.69, 9.17) is 4.74 Å². The highest BCUT2D eigenvalue weighted by atomic mass is 19.1. The maximum atomic E-state index is 13.7. The molecule has 2 heterocycles. The molecule has 2 N–H and O–H groups in total. The molecule has 174 valence electrons. The van der Waals surface area contributed by atoms with Crippen LogP contribution in [0.3, 0.4) is 0 Å². The van der Waals surface area contributed by atoms with Crippen LogP contribution in [0.4, 0.5) is 21.7 Å². The van der Waals surface area contributed by atoms with Gasteiger partial charge in [0.25, 0.3) is 0 Å². The molecule has 0 spiro atoms. The van der Waals surface area contributed by atoms with Crippen LogP contribution in [0, 0.1) is 5.82 Å². The molecule has 2 aromatic heterocycles. The fourth-order valence-corrected chi connectivity index (χ4v) is 3.31. The highest BCUT2D eigenvalue weighted by molar-refractivity contribution is 6.00. The normalized spacial score (nSPS) is 10.9. The number of hydrogen-bond acceptors (Lipinski definition) is 6. The molecule has 0 atom stereocenters. The molecule has 4 aromatic rings. The van der Waals surface area contributed by atoms with E-state index in [2.05, 4.69) is 27.3 Å². The van der Waals surface area contributed by atoms with Crippen LogP contribution >= 0.6 is 0 Å². The highest BCUT2D eigenvalue weighted by Gasteiger charge is 2.11. The van der Waals surface area contributed by atoms with Crippen LogP contribution in [0.25, 0.3) is 16.8 Å². The minimum atomic E-state index is -0.348. The first-order chi connectivity index (χ1) is 16.4. The maximum Gasteiger partial charge on any atom is 0.247 e. The summed E-state index contributed by atoms with van der Waals surface area (Å²) in [6.07, 6.45) is 2.87. The molecule has 0 fully saturated rings. The van der Waals surface area contributed by atoms with Gasteiger partial charge < -0.3 is 20.3 Å². The van der Waals surface area contributed by atoms with Crippen LogP contribution in [-0.4, -0.2) is 52.7 Å². The Morgan fingerprint density at radius 2 is 2.06 bits per heavy atom. The maximum absolute atomic E-state index is 13.7. The molecule has 0 aliphatic heterocycles. The van der Waals surface area contributed by atoms with Crippen LogP contribution in [0.1, 0.15) is 0 Å². The Balaban J connectivity index is 1.61. The first kappa shape index (κ1) is 22.9. The van der Waals surface area contributed by atoms with Gasteiger partial charge in [-0.1, -0.05) is 18.7 Å². The second-order valence-electron chi connectivity index (χ2n) is 7.83. The molecular formula is C25H25FN6O2. The van der Waals surface area contributed by atoms with Crippen molar-refractivity contribution in [3.63, 3.8) is 0 Å². The van der Waals surface area contributed by atoms with Crippen molar-refractivity contribution in [1.29, 1.82) is 0 Å².